The molecule has 0 aliphatic carbocycles. The van der Waals surface area contributed by atoms with E-state index in [1.165, 1.54) is 10.6 Å². The topological polar surface area (TPSA) is 109 Å². The van der Waals surface area contributed by atoms with Gasteiger partial charge in [-0.25, -0.2) is 18.7 Å². The van der Waals surface area contributed by atoms with E-state index in [0.717, 1.165) is 16.6 Å². The average Bonchev–Trinajstić information content (AvgIpc) is 3.49. The lowest BCUT2D eigenvalue weighted by Gasteiger charge is -2.43. The van der Waals surface area contributed by atoms with Crippen LogP contribution >= 0.6 is 0 Å². The largest absolute Gasteiger partial charge is 0.489 e. The number of aromatic nitrogens is 5. The van der Waals surface area contributed by atoms with E-state index in [0.29, 0.717) is 53.9 Å². The maximum Gasteiger partial charge on any atom is 0.355 e. The summed E-state index contributed by atoms with van der Waals surface area (Å²) in [4.78, 5) is 39.9. The monoisotopic (exact) mass is 593 g/mol. The van der Waals surface area contributed by atoms with Crippen molar-refractivity contribution in [1.29, 1.82) is 0 Å². The van der Waals surface area contributed by atoms with Crippen LogP contribution < -0.4 is 15.3 Å². The number of aromatic amines is 1. The van der Waals surface area contributed by atoms with E-state index in [9.17, 15) is 9.59 Å². The van der Waals surface area contributed by atoms with Crippen LogP contribution in [0, 0.1) is 12.7 Å². The van der Waals surface area contributed by atoms with Gasteiger partial charge in [0.25, 0.3) is 0 Å². The zero-order valence-electron chi connectivity index (χ0n) is 24.8. The summed E-state index contributed by atoms with van der Waals surface area (Å²) in [5.41, 5.74) is 3.46. The first-order valence-electron chi connectivity index (χ1n) is 14.8. The molecule has 7 rings (SSSR count). The van der Waals surface area contributed by atoms with Crippen LogP contribution in [0.15, 0.2) is 60.0 Å². The van der Waals surface area contributed by atoms with Crippen LogP contribution in [0.4, 0.5) is 10.2 Å². The Labute approximate surface area is 252 Å². The molecular weight excluding hydrogens is 561 g/mol. The fraction of sp³-hybridized carbons (Fsp3) is 0.303. The molecule has 10 nitrogen and oxygen atoms in total. The second kappa shape index (κ2) is 10.6. The molecule has 1 saturated heterocycles. The number of H-pyrrole nitrogens is 1. The molecule has 0 saturated carbocycles. The van der Waals surface area contributed by atoms with Gasteiger partial charge in [0.05, 0.1) is 30.0 Å². The average molecular weight is 594 g/mol. The number of carbonyl (C=O) groups excluding carboxylic acids is 1. The Morgan fingerprint density at radius 3 is 2.80 bits per heavy atom. The highest BCUT2D eigenvalue weighted by molar-refractivity contribution is 6.00. The van der Waals surface area contributed by atoms with Crippen LogP contribution in [0.3, 0.4) is 0 Å². The van der Waals surface area contributed by atoms with Gasteiger partial charge in [-0.15, -0.1) is 0 Å². The van der Waals surface area contributed by atoms with Crippen molar-refractivity contribution in [2.24, 2.45) is 0 Å². The standard InChI is InChI=1S/C33H32FN7O3/c1-5-25(42)39-13-14-40-20(17-39)12-15-44-30-27-31(40)37-33(43)41(24-9-7-6-8-21(24)18(2)3)32(27)36-29(28(30)34)26-19(4)10-11-23-22(26)16-35-38-23/h5-11,16,18,20H,1,12-15,17H2,2-4H3,(H,35,38). The predicted molar refractivity (Wildman–Crippen MR) is 167 cm³/mol. The highest BCUT2D eigenvalue weighted by Gasteiger charge is 2.36. The van der Waals surface area contributed by atoms with Gasteiger partial charge < -0.3 is 14.5 Å². The van der Waals surface area contributed by atoms with Crippen molar-refractivity contribution in [2.75, 3.05) is 31.1 Å². The minimum absolute atomic E-state index is 0.00576. The van der Waals surface area contributed by atoms with Crippen LogP contribution in [-0.2, 0) is 4.79 Å². The molecule has 3 aromatic heterocycles. The third-order valence-electron chi connectivity index (χ3n) is 8.71. The second-order valence-electron chi connectivity index (χ2n) is 11.6. The van der Waals surface area contributed by atoms with Crippen molar-refractivity contribution in [2.45, 2.75) is 39.2 Å². The van der Waals surface area contributed by atoms with E-state index < -0.39 is 11.5 Å². The highest BCUT2D eigenvalue weighted by Crippen LogP contribution is 2.43. The van der Waals surface area contributed by atoms with Gasteiger partial charge in [0, 0.05) is 37.0 Å². The molecule has 1 amide bonds. The smallest absolute Gasteiger partial charge is 0.355 e. The number of para-hydroxylation sites is 1. The zero-order chi connectivity index (χ0) is 30.7. The Balaban J connectivity index is 1.57. The molecular formula is C33H32FN7O3. The fourth-order valence-electron chi connectivity index (χ4n) is 6.53. The van der Waals surface area contributed by atoms with Gasteiger partial charge in [0.2, 0.25) is 5.91 Å². The summed E-state index contributed by atoms with van der Waals surface area (Å²) >= 11 is 0. The number of hydrogen-bond acceptors (Lipinski definition) is 7. The number of piperazine rings is 1. The normalized spacial score (nSPS) is 16.5. The minimum Gasteiger partial charge on any atom is -0.489 e. The summed E-state index contributed by atoms with van der Waals surface area (Å²) < 4.78 is 24.6. The van der Waals surface area contributed by atoms with Gasteiger partial charge in [0.15, 0.2) is 17.2 Å². The molecule has 0 bridgehead atoms. The number of hydrogen-bond donors (Lipinski definition) is 1. The number of aryl methyl sites for hydroxylation is 1. The number of amides is 1. The molecule has 2 aromatic carbocycles. The molecule has 5 heterocycles. The van der Waals surface area contributed by atoms with Gasteiger partial charge in [0.1, 0.15) is 16.9 Å². The van der Waals surface area contributed by atoms with Gasteiger partial charge in [-0.05, 0) is 42.2 Å². The molecule has 1 fully saturated rings. The fourth-order valence-corrected chi connectivity index (χ4v) is 6.53. The Morgan fingerprint density at radius 1 is 1.18 bits per heavy atom. The lowest BCUT2D eigenvalue weighted by molar-refractivity contribution is -0.126. The summed E-state index contributed by atoms with van der Waals surface area (Å²) in [6, 6.07) is 11.2. The molecule has 1 unspecified atom stereocenters. The van der Waals surface area contributed by atoms with Crippen LogP contribution in [0.2, 0.25) is 0 Å². The van der Waals surface area contributed by atoms with E-state index in [-0.39, 0.29) is 41.6 Å². The van der Waals surface area contributed by atoms with Gasteiger partial charge in [-0.1, -0.05) is 44.7 Å². The molecule has 1 N–H and O–H groups in total. The number of anilines is 1. The number of rotatable bonds is 4. The van der Waals surface area contributed by atoms with Crippen molar-refractivity contribution in [3.05, 3.63) is 82.7 Å². The number of pyridine rings is 1. The second-order valence-corrected chi connectivity index (χ2v) is 11.6. The Hall–Kier alpha value is -5.06. The minimum atomic E-state index is -0.626. The van der Waals surface area contributed by atoms with E-state index in [1.807, 2.05) is 48.2 Å². The molecule has 5 aromatic rings. The third-order valence-corrected chi connectivity index (χ3v) is 8.71. The summed E-state index contributed by atoms with van der Waals surface area (Å²) in [5, 5.41) is 8.18. The molecule has 2 aliphatic rings. The molecule has 1 atom stereocenters. The van der Waals surface area contributed by atoms with Crippen molar-refractivity contribution in [3.8, 4) is 22.7 Å². The van der Waals surface area contributed by atoms with Crippen molar-refractivity contribution >= 4 is 33.7 Å². The van der Waals surface area contributed by atoms with Crippen molar-refractivity contribution < 1.29 is 13.9 Å². The Kier molecular flexibility index (Phi) is 6.68. The first kappa shape index (κ1) is 27.8. The van der Waals surface area contributed by atoms with Crippen LogP contribution in [-0.4, -0.2) is 67.8 Å². The maximum atomic E-state index is 16.9. The predicted octanol–water partition coefficient (Wildman–Crippen LogP) is 4.88. The van der Waals surface area contributed by atoms with Gasteiger partial charge >= 0.3 is 5.69 Å². The summed E-state index contributed by atoms with van der Waals surface area (Å²) in [6.45, 7) is 11.1. The number of fused-ring (bicyclic) bond motifs is 3. The molecule has 11 heteroatoms. The SMILES string of the molecule is C=CC(=O)N1CCN2c3nc(=O)n(-c4ccccc4C(C)C)c4nc(-c5c(C)ccc6[nH]ncc56)c(F)c(c34)OCCC2C1. The lowest BCUT2D eigenvalue weighted by Crippen LogP contribution is -2.56. The number of nitrogens with zero attached hydrogens (tertiary/aromatic N) is 6. The van der Waals surface area contributed by atoms with E-state index >= 15 is 4.39 Å². The van der Waals surface area contributed by atoms with Crippen molar-refractivity contribution in [3.63, 3.8) is 0 Å². The summed E-state index contributed by atoms with van der Waals surface area (Å²) in [6.07, 6.45) is 3.45. The van der Waals surface area contributed by atoms with E-state index in [2.05, 4.69) is 35.6 Å². The number of carbonyl (C=O) groups is 1. The van der Waals surface area contributed by atoms with Crippen LogP contribution in [0.5, 0.6) is 5.75 Å². The first-order valence-corrected chi connectivity index (χ1v) is 14.8. The van der Waals surface area contributed by atoms with Crippen LogP contribution in [0.1, 0.15) is 37.3 Å². The molecule has 224 valence electrons. The Morgan fingerprint density at radius 2 is 2.00 bits per heavy atom. The lowest BCUT2D eigenvalue weighted by atomic mass is 9.99. The number of benzene rings is 2. The van der Waals surface area contributed by atoms with E-state index in [1.54, 1.807) is 11.1 Å². The Bertz CT molecular complexity index is 2030. The molecule has 0 spiro atoms. The van der Waals surface area contributed by atoms with Gasteiger partial charge in [-0.3, -0.25) is 9.89 Å². The summed E-state index contributed by atoms with van der Waals surface area (Å²) in [7, 11) is 0. The number of halogens is 1. The maximum absolute atomic E-state index is 16.9. The molecule has 44 heavy (non-hydrogen) atoms. The molecule has 0 radical (unpaired) electrons. The zero-order valence-corrected chi connectivity index (χ0v) is 24.8. The highest BCUT2D eigenvalue weighted by atomic mass is 19.1. The number of ether oxygens (including phenoxy) is 1. The third kappa shape index (κ3) is 4.25. The molecule has 2 aliphatic heterocycles. The van der Waals surface area contributed by atoms with Crippen LogP contribution in [0.25, 0.3) is 38.9 Å². The number of nitrogens with one attached hydrogen (secondary N) is 1. The quantitative estimate of drug-likeness (QED) is 0.296. The van der Waals surface area contributed by atoms with E-state index in [4.69, 9.17) is 9.72 Å². The first-order chi connectivity index (χ1) is 21.3. The van der Waals surface area contributed by atoms with Gasteiger partial charge in [-0.2, -0.15) is 10.1 Å². The summed E-state index contributed by atoms with van der Waals surface area (Å²) in [5.74, 6) is -0.383. The van der Waals surface area contributed by atoms with Crippen molar-refractivity contribution in [1.82, 2.24) is 29.6 Å².